The molecule has 0 saturated heterocycles. The molecule has 2 rings (SSSR count). The topological polar surface area (TPSA) is 57.0 Å². The molecule has 0 spiro atoms. The number of nitrogens with two attached hydrogens (primary N) is 1. The highest BCUT2D eigenvalue weighted by atomic mass is 16.7. The molecule has 0 fully saturated rings. The number of ether oxygens (including phenoxy) is 3. The number of hydrogen-bond donors (Lipinski definition) is 1. The van der Waals surface area contributed by atoms with Crippen molar-refractivity contribution in [3.63, 3.8) is 0 Å². The highest BCUT2D eigenvalue weighted by Crippen LogP contribution is 2.34. The molecular weight excluding hydrogens is 220 g/mol. The Morgan fingerprint density at radius 2 is 2.12 bits per heavy atom. The molecular formula is C12H18N2O3. The van der Waals surface area contributed by atoms with Crippen molar-refractivity contribution in [1.29, 1.82) is 0 Å². The van der Waals surface area contributed by atoms with Crippen molar-refractivity contribution >= 4 is 0 Å². The molecule has 0 aromatic heterocycles. The lowest BCUT2D eigenvalue weighted by atomic mass is 10.3. The molecule has 0 aliphatic carbocycles. The largest absolute Gasteiger partial charge is 0.492 e. The van der Waals surface area contributed by atoms with Crippen LogP contribution in [0.3, 0.4) is 0 Å². The van der Waals surface area contributed by atoms with Gasteiger partial charge in [0.1, 0.15) is 12.4 Å². The quantitative estimate of drug-likeness (QED) is 0.817. The first-order valence-corrected chi connectivity index (χ1v) is 5.58. The summed E-state index contributed by atoms with van der Waals surface area (Å²) in [5.74, 6) is 2.24. The van der Waals surface area contributed by atoms with Crippen molar-refractivity contribution in [3.05, 3.63) is 18.2 Å². The molecule has 17 heavy (non-hydrogen) atoms. The second-order valence-corrected chi connectivity index (χ2v) is 4.35. The van der Waals surface area contributed by atoms with Crippen molar-refractivity contribution in [2.45, 2.75) is 6.04 Å². The number of fused-ring (bicyclic) bond motifs is 1. The molecule has 0 radical (unpaired) electrons. The van der Waals surface area contributed by atoms with E-state index in [1.165, 1.54) is 0 Å². The van der Waals surface area contributed by atoms with Crippen molar-refractivity contribution in [1.82, 2.24) is 4.90 Å². The summed E-state index contributed by atoms with van der Waals surface area (Å²) in [6.07, 6.45) is 0. The van der Waals surface area contributed by atoms with Crippen molar-refractivity contribution in [2.24, 2.45) is 5.73 Å². The summed E-state index contributed by atoms with van der Waals surface area (Å²) in [6.45, 7) is 1.56. The Bertz CT molecular complexity index is 382. The third-order valence-electron chi connectivity index (χ3n) is 2.41. The zero-order chi connectivity index (χ0) is 12.3. The van der Waals surface area contributed by atoms with Gasteiger partial charge in [-0.2, -0.15) is 0 Å². The molecule has 1 heterocycles. The average Bonchev–Trinajstić information content (AvgIpc) is 2.72. The van der Waals surface area contributed by atoms with E-state index in [-0.39, 0.29) is 12.8 Å². The van der Waals surface area contributed by atoms with Gasteiger partial charge in [-0.05, 0) is 26.2 Å². The zero-order valence-electron chi connectivity index (χ0n) is 10.2. The van der Waals surface area contributed by atoms with E-state index >= 15 is 0 Å². The molecule has 5 nitrogen and oxygen atoms in total. The van der Waals surface area contributed by atoms with Gasteiger partial charge in [0.25, 0.3) is 0 Å². The maximum atomic E-state index is 5.91. The molecule has 0 amide bonds. The summed E-state index contributed by atoms with van der Waals surface area (Å²) in [5, 5.41) is 0. The molecule has 1 aromatic carbocycles. The smallest absolute Gasteiger partial charge is 0.231 e. The SMILES string of the molecule is CN(C)CC(N)COc1ccc2c(c1)OCO2. The number of nitrogens with zero attached hydrogens (tertiary/aromatic N) is 1. The Kier molecular flexibility index (Phi) is 3.71. The molecule has 0 saturated carbocycles. The van der Waals surface area contributed by atoms with E-state index in [0.717, 1.165) is 23.8 Å². The van der Waals surface area contributed by atoms with Crippen LogP contribution in [0, 0.1) is 0 Å². The van der Waals surface area contributed by atoms with Crippen LogP contribution in [-0.4, -0.2) is 45.0 Å². The standard InChI is InChI=1S/C12H18N2O3/c1-14(2)6-9(13)7-15-10-3-4-11-12(5-10)17-8-16-11/h3-5,9H,6-8,13H2,1-2H3. The van der Waals surface area contributed by atoms with Crippen LogP contribution in [0.2, 0.25) is 0 Å². The number of likely N-dealkylation sites (N-methyl/N-ethyl adjacent to an activating group) is 1. The monoisotopic (exact) mass is 238 g/mol. The molecule has 1 atom stereocenters. The molecule has 0 bridgehead atoms. The highest BCUT2D eigenvalue weighted by molar-refractivity contribution is 5.46. The van der Waals surface area contributed by atoms with Crippen LogP contribution < -0.4 is 19.9 Å². The van der Waals surface area contributed by atoms with Gasteiger partial charge >= 0.3 is 0 Å². The molecule has 1 aliphatic heterocycles. The molecule has 5 heteroatoms. The van der Waals surface area contributed by atoms with E-state index in [0.29, 0.717) is 6.61 Å². The molecule has 1 aromatic rings. The van der Waals surface area contributed by atoms with Crippen LogP contribution in [0.4, 0.5) is 0 Å². The Morgan fingerprint density at radius 1 is 1.35 bits per heavy atom. The van der Waals surface area contributed by atoms with Gasteiger partial charge in [0.05, 0.1) is 6.04 Å². The lowest BCUT2D eigenvalue weighted by Crippen LogP contribution is -2.37. The van der Waals surface area contributed by atoms with Crippen LogP contribution in [0.25, 0.3) is 0 Å². The Hall–Kier alpha value is -1.46. The van der Waals surface area contributed by atoms with E-state index in [9.17, 15) is 0 Å². The summed E-state index contributed by atoms with van der Waals surface area (Å²) >= 11 is 0. The summed E-state index contributed by atoms with van der Waals surface area (Å²) in [7, 11) is 3.97. The van der Waals surface area contributed by atoms with Crippen LogP contribution in [0.15, 0.2) is 18.2 Å². The first-order chi connectivity index (χ1) is 8.15. The summed E-state index contributed by atoms with van der Waals surface area (Å²) in [4.78, 5) is 2.04. The Labute approximate surface area is 101 Å². The van der Waals surface area contributed by atoms with Gasteiger partial charge in [-0.25, -0.2) is 0 Å². The predicted molar refractivity (Wildman–Crippen MR) is 64.6 cm³/mol. The van der Waals surface area contributed by atoms with E-state index < -0.39 is 0 Å². The predicted octanol–water partition coefficient (Wildman–Crippen LogP) is 0.683. The second-order valence-electron chi connectivity index (χ2n) is 4.35. The molecule has 1 unspecified atom stereocenters. The Balaban J connectivity index is 1.87. The fourth-order valence-electron chi connectivity index (χ4n) is 1.69. The van der Waals surface area contributed by atoms with Gasteiger partial charge in [-0.3, -0.25) is 0 Å². The van der Waals surface area contributed by atoms with Crippen molar-refractivity contribution in [2.75, 3.05) is 34.0 Å². The van der Waals surface area contributed by atoms with Gasteiger partial charge < -0.3 is 24.8 Å². The molecule has 94 valence electrons. The third-order valence-corrected chi connectivity index (χ3v) is 2.41. The average molecular weight is 238 g/mol. The van der Waals surface area contributed by atoms with Gasteiger partial charge in [0.15, 0.2) is 11.5 Å². The van der Waals surface area contributed by atoms with Crippen LogP contribution in [0.5, 0.6) is 17.2 Å². The fourth-order valence-corrected chi connectivity index (χ4v) is 1.69. The number of hydrogen-bond acceptors (Lipinski definition) is 5. The van der Waals surface area contributed by atoms with Gasteiger partial charge in [0, 0.05) is 12.6 Å². The molecule has 2 N–H and O–H groups in total. The van der Waals surface area contributed by atoms with E-state index in [4.69, 9.17) is 19.9 Å². The van der Waals surface area contributed by atoms with Gasteiger partial charge in [-0.1, -0.05) is 0 Å². The van der Waals surface area contributed by atoms with E-state index in [1.54, 1.807) is 0 Å². The molecule has 1 aliphatic rings. The van der Waals surface area contributed by atoms with Gasteiger partial charge in [-0.15, -0.1) is 0 Å². The summed E-state index contributed by atoms with van der Waals surface area (Å²) in [5.41, 5.74) is 5.91. The maximum absolute atomic E-state index is 5.91. The van der Waals surface area contributed by atoms with Crippen molar-refractivity contribution in [3.8, 4) is 17.2 Å². The summed E-state index contributed by atoms with van der Waals surface area (Å²) < 4.78 is 16.1. The first kappa shape index (κ1) is 12.0. The van der Waals surface area contributed by atoms with Crippen LogP contribution in [0.1, 0.15) is 0 Å². The van der Waals surface area contributed by atoms with Crippen LogP contribution >= 0.6 is 0 Å². The minimum absolute atomic E-state index is 0.00424. The number of benzene rings is 1. The maximum Gasteiger partial charge on any atom is 0.231 e. The minimum Gasteiger partial charge on any atom is -0.492 e. The fraction of sp³-hybridized carbons (Fsp3) is 0.500. The number of rotatable bonds is 5. The lowest BCUT2D eigenvalue weighted by molar-refractivity contribution is 0.173. The van der Waals surface area contributed by atoms with Crippen molar-refractivity contribution < 1.29 is 14.2 Å². The third kappa shape index (κ3) is 3.25. The second kappa shape index (κ2) is 5.25. The van der Waals surface area contributed by atoms with Crippen LogP contribution in [-0.2, 0) is 0 Å². The summed E-state index contributed by atoms with van der Waals surface area (Å²) in [6, 6.07) is 5.52. The van der Waals surface area contributed by atoms with Gasteiger partial charge in [0.2, 0.25) is 6.79 Å². The highest BCUT2D eigenvalue weighted by Gasteiger charge is 2.14. The van der Waals surface area contributed by atoms with E-state index in [2.05, 4.69) is 0 Å². The normalized spacial score (nSPS) is 15.1. The first-order valence-electron chi connectivity index (χ1n) is 5.58. The van der Waals surface area contributed by atoms with E-state index in [1.807, 2.05) is 37.2 Å². The minimum atomic E-state index is -0.00424. The Morgan fingerprint density at radius 3 is 2.88 bits per heavy atom. The zero-order valence-corrected chi connectivity index (χ0v) is 10.2. The lowest BCUT2D eigenvalue weighted by Gasteiger charge is -2.17.